The molecule has 2 fully saturated rings. The Labute approximate surface area is 143 Å². The van der Waals surface area contributed by atoms with Gasteiger partial charge in [0, 0.05) is 38.4 Å². The number of rotatable bonds is 4. The van der Waals surface area contributed by atoms with Crippen molar-refractivity contribution in [1.29, 1.82) is 0 Å². The van der Waals surface area contributed by atoms with Crippen molar-refractivity contribution in [3.63, 3.8) is 0 Å². The maximum Gasteiger partial charge on any atom is 0.239 e. The Morgan fingerprint density at radius 2 is 2.04 bits per heavy atom. The molecule has 6 heteroatoms. The van der Waals surface area contributed by atoms with Crippen LogP contribution >= 0.6 is 0 Å². The Bertz CT molecular complexity index is 578. The summed E-state index contributed by atoms with van der Waals surface area (Å²) in [6.45, 7) is 2.76. The summed E-state index contributed by atoms with van der Waals surface area (Å²) in [5.41, 5.74) is 2.30. The summed E-state index contributed by atoms with van der Waals surface area (Å²) < 4.78 is 0. The molecule has 1 amide bonds. The highest BCUT2D eigenvalue weighted by Gasteiger charge is 2.17. The van der Waals surface area contributed by atoms with Crippen LogP contribution in [0.25, 0.3) is 0 Å². The molecule has 6 nitrogen and oxygen atoms in total. The number of carbonyl (C=O) groups excluding carboxylic acids is 1. The lowest BCUT2D eigenvalue weighted by Gasteiger charge is -2.28. The first-order valence-electron chi connectivity index (χ1n) is 8.82. The number of carbonyl (C=O) groups is 1. The van der Waals surface area contributed by atoms with Gasteiger partial charge in [0.05, 0.1) is 6.54 Å². The van der Waals surface area contributed by atoms with E-state index in [1.165, 1.54) is 31.2 Å². The molecule has 1 aromatic rings. The fourth-order valence-corrected chi connectivity index (χ4v) is 3.33. The second-order valence-corrected chi connectivity index (χ2v) is 6.49. The number of nitrogens with zero attached hydrogens (tertiary/aromatic N) is 2. The zero-order chi connectivity index (χ0) is 16.8. The number of aliphatic imine (C=N–C) groups is 1. The van der Waals surface area contributed by atoms with Crippen LogP contribution in [0.15, 0.2) is 29.3 Å². The number of benzene rings is 1. The number of amides is 1. The van der Waals surface area contributed by atoms with Gasteiger partial charge in [0.1, 0.15) is 0 Å². The second kappa shape index (κ2) is 8.04. The highest BCUT2D eigenvalue weighted by atomic mass is 16.2. The van der Waals surface area contributed by atoms with Gasteiger partial charge in [0.15, 0.2) is 5.96 Å². The molecule has 0 spiro atoms. The van der Waals surface area contributed by atoms with Crippen LogP contribution in [0.1, 0.15) is 31.2 Å². The third-order valence-corrected chi connectivity index (χ3v) is 4.72. The zero-order valence-electron chi connectivity index (χ0n) is 14.3. The highest BCUT2D eigenvalue weighted by molar-refractivity contribution is 5.82. The molecule has 1 heterocycles. The molecular weight excluding hydrogens is 302 g/mol. The lowest BCUT2D eigenvalue weighted by atomic mass is 10.2. The average molecular weight is 329 g/mol. The summed E-state index contributed by atoms with van der Waals surface area (Å²) in [7, 11) is 1.81. The summed E-state index contributed by atoms with van der Waals surface area (Å²) in [5, 5.41) is 9.72. The van der Waals surface area contributed by atoms with Gasteiger partial charge in [-0.25, -0.2) is 0 Å². The number of nitrogens with one attached hydrogen (secondary N) is 3. The van der Waals surface area contributed by atoms with Gasteiger partial charge < -0.3 is 20.9 Å². The zero-order valence-corrected chi connectivity index (χ0v) is 14.3. The first kappa shape index (κ1) is 16.6. The topological polar surface area (TPSA) is 68.8 Å². The molecule has 1 aromatic carbocycles. The molecular formula is C18H27N5O. The van der Waals surface area contributed by atoms with E-state index >= 15 is 0 Å². The molecule has 0 radical (unpaired) electrons. The summed E-state index contributed by atoms with van der Waals surface area (Å²) in [5.74, 6) is 0.965. The molecule has 3 N–H and O–H groups in total. The molecule has 1 saturated heterocycles. The third kappa shape index (κ3) is 4.40. The highest BCUT2D eigenvalue weighted by Crippen LogP contribution is 2.18. The monoisotopic (exact) mass is 329 g/mol. The smallest absolute Gasteiger partial charge is 0.239 e. The van der Waals surface area contributed by atoms with Crippen molar-refractivity contribution in [1.82, 2.24) is 16.0 Å². The van der Waals surface area contributed by atoms with E-state index < -0.39 is 0 Å². The normalized spacial score (nSPS) is 19.3. The Kier molecular flexibility index (Phi) is 5.56. The maximum atomic E-state index is 11.5. The Hall–Kier alpha value is -2.24. The van der Waals surface area contributed by atoms with E-state index in [2.05, 4.69) is 50.1 Å². The van der Waals surface area contributed by atoms with Gasteiger partial charge in [-0.2, -0.15) is 0 Å². The van der Waals surface area contributed by atoms with Crippen molar-refractivity contribution in [3.05, 3.63) is 29.8 Å². The van der Waals surface area contributed by atoms with Crippen molar-refractivity contribution in [2.45, 2.75) is 38.3 Å². The van der Waals surface area contributed by atoms with Crippen molar-refractivity contribution in [3.8, 4) is 0 Å². The molecule has 2 aliphatic rings. The molecule has 0 unspecified atom stereocenters. The van der Waals surface area contributed by atoms with E-state index in [0.29, 0.717) is 19.1 Å². The minimum Gasteiger partial charge on any atom is -0.360 e. The lowest BCUT2D eigenvalue weighted by Crippen LogP contribution is -2.47. The summed E-state index contributed by atoms with van der Waals surface area (Å²) in [4.78, 5) is 17.9. The molecule has 0 atom stereocenters. The lowest BCUT2D eigenvalue weighted by molar-refractivity contribution is -0.120. The van der Waals surface area contributed by atoms with Crippen LogP contribution < -0.4 is 20.9 Å². The quantitative estimate of drug-likeness (QED) is 0.574. The minimum atomic E-state index is 0.0915. The first-order valence-corrected chi connectivity index (χ1v) is 8.82. The first-order chi connectivity index (χ1) is 11.7. The van der Waals surface area contributed by atoms with Crippen LogP contribution in [0, 0.1) is 0 Å². The van der Waals surface area contributed by atoms with Crippen molar-refractivity contribution < 1.29 is 4.79 Å². The van der Waals surface area contributed by atoms with E-state index in [-0.39, 0.29) is 5.91 Å². The van der Waals surface area contributed by atoms with Crippen LogP contribution in [0.3, 0.4) is 0 Å². The van der Waals surface area contributed by atoms with Crippen molar-refractivity contribution in [2.75, 3.05) is 31.6 Å². The predicted molar refractivity (Wildman–Crippen MR) is 97.3 cm³/mol. The van der Waals surface area contributed by atoms with Crippen LogP contribution in [0.2, 0.25) is 0 Å². The Morgan fingerprint density at radius 3 is 2.71 bits per heavy atom. The molecule has 1 saturated carbocycles. The molecule has 24 heavy (non-hydrogen) atoms. The minimum absolute atomic E-state index is 0.0915. The van der Waals surface area contributed by atoms with Crippen molar-refractivity contribution in [2.24, 2.45) is 4.99 Å². The molecule has 1 aliphatic carbocycles. The SMILES string of the molecule is CN=C(NCc1ccc(N2CCNC(=O)C2)cc1)NC1CCCC1. The molecule has 130 valence electrons. The molecule has 3 rings (SSSR count). The van der Waals surface area contributed by atoms with Gasteiger partial charge in [-0.3, -0.25) is 9.79 Å². The van der Waals surface area contributed by atoms with Gasteiger partial charge in [0.2, 0.25) is 5.91 Å². The van der Waals surface area contributed by atoms with Crippen LogP contribution in [0.4, 0.5) is 5.69 Å². The predicted octanol–water partition coefficient (Wildman–Crippen LogP) is 1.23. The third-order valence-electron chi connectivity index (χ3n) is 4.72. The van der Waals surface area contributed by atoms with Gasteiger partial charge in [-0.1, -0.05) is 25.0 Å². The molecule has 1 aliphatic heterocycles. The number of hydrogen-bond acceptors (Lipinski definition) is 3. The summed E-state index contributed by atoms with van der Waals surface area (Å²) in [6, 6.07) is 8.95. The van der Waals surface area contributed by atoms with Gasteiger partial charge in [-0.05, 0) is 30.5 Å². The number of guanidine groups is 1. The van der Waals surface area contributed by atoms with E-state index in [9.17, 15) is 4.79 Å². The largest absolute Gasteiger partial charge is 0.360 e. The maximum absolute atomic E-state index is 11.5. The van der Waals surface area contributed by atoms with E-state index in [1.54, 1.807) is 0 Å². The summed E-state index contributed by atoms with van der Waals surface area (Å²) in [6.07, 6.45) is 5.09. The fourth-order valence-electron chi connectivity index (χ4n) is 3.33. The number of anilines is 1. The van der Waals surface area contributed by atoms with Gasteiger partial charge >= 0.3 is 0 Å². The van der Waals surface area contributed by atoms with Gasteiger partial charge in [-0.15, -0.1) is 0 Å². The Balaban J connectivity index is 1.51. The molecule has 0 aromatic heterocycles. The van der Waals surface area contributed by atoms with Crippen molar-refractivity contribution >= 4 is 17.6 Å². The van der Waals surface area contributed by atoms with Gasteiger partial charge in [0.25, 0.3) is 0 Å². The van der Waals surface area contributed by atoms with E-state index in [1.807, 2.05) is 7.05 Å². The summed E-state index contributed by atoms with van der Waals surface area (Å²) >= 11 is 0. The second-order valence-electron chi connectivity index (χ2n) is 6.49. The van der Waals surface area contributed by atoms with Crippen LogP contribution in [-0.4, -0.2) is 44.6 Å². The average Bonchev–Trinajstić information content (AvgIpc) is 3.12. The van der Waals surface area contributed by atoms with Crippen LogP contribution in [-0.2, 0) is 11.3 Å². The standard InChI is InChI=1S/C18H27N5O/c1-19-18(22-15-4-2-3-5-15)21-12-14-6-8-16(9-7-14)23-11-10-20-17(24)13-23/h6-9,15H,2-5,10-13H2,1H3,(H,20,24)(H2,19,21,22). The number of piperazine rings is 1. The Morgan fingerprint density at radius 1 is 1.29 bits per heavy atom. The van der Waals surface area contributed by atoms with E-state index in [4.69, 9.17) is 0 Å². The van der Waals surface area contributed by atoms with E-state index in [0.717, 1.165) is 24.7 Å². The number of hydrogen-bond donors (Lipinski definition) is 3. The molecule has 0 bridgehead atoms. The van der Waals surface area contributed by atoms with Crippen LogP contribution in [0.5, 0.6) is 0 Å². The fraction of sp³-hybridized carbons (Fsp3) is 0.556.